The fraction of sp³-hybridized carbons (Fsp3) is 0. The second-order valence-corrected chi connectivity index (χ2v) is 3.99. The number of thiophene rings is 1. The van der Waals surface area contributed by atoms with Gasteiger partial charge in [-0.3, -0.25) is 0 Å². The van der Waals surface area contributed by atoms with E-state index >= 15 is 0 Å². The molecule has 0 N–H and O–H groups in total. The summed E-state index contributed by atoms with van der Waals surface area (Å²) in [6.07, 6.45) is 0. The van der Waals surface area contributed by atoms with Crippen molar-refractivity contribution in [2.24, 2.45) is 0 Å². The number of rotatable bonds is 1. The van der Waals surface area contributed by atoms with Gasteiger partial charge in [-0.2, -0.15) is 0 Å². The number of hydrogen-bond acceptors (Lipinski definition) is 2. The minimum Gasteiger partial charge on any atom is -1.00 e. The molecule has 1 aromatic carbocycles. The van der Waals surface area contributed by atoms with Crippen LogP contribution in [0.15, 0.2) is 46.7 Å². The van der Waals surface area contributed by atoms with Gasteiger partial charge in [0.2, 0.25) is 0 Å². The van der Waals surface area contributed by atoms with Crippen LogP contribution >= 0.6 is 24.0 Å². The standard InChI is InChI=1S/C10H8S2.Na.H/c11-9-4-1-3-8(7-9)10-5-2-6-12-10;;/h1-7,11H;;/q;+1;-1. The summed E-state index contributed by atoms with van der Waals surface area (Å²) in [5.41, 5.74) is 1.25. The molecule has 0 aliphatic heterocycles. The molecule has 13 heavy (non-hydrogen) atoms. The Bertz CT molecular complexity index is 373. The quantitative estimate of drug-likeness (QED) is 0.529. The van der Waals surface area contributed by atoms with Gasteiger partial charge >= 0.3 is 29.6 Å². The van der Waals surface area contributed by atoms with Gasteiger partial charge in [0.1, 0.15) is 0 Å². The van der Waals surface area contributed by atoms with Crippen LogP contribution in [0.2, 0.25) is 0 Å². The summed E-state index contributed by atoms with van der Waals surface area (Å²) < 4.78 is 0. The van der Waals surface area contributed by atoms with Crippen molar-refractivity contribution in [3.05, 3.63) is 41.8 Å². The number of hydrogen-bond donors (Lipinski definition) is 1. The first-order valence-electron chi connectivity index (χ1n) is 3.69. The van der Waals surface area contributed by atoms with Gasteiger partial charge in [0.05, 0.1) is 0 Å². The first-order chi connectivity index (χ1) is 5.86. The molecule has 0 nitrogen and oxygen atoms in total. The first kappa shape index (κ1) is 11.3. The maximum Gasteiger partial charge on any atom is 1.00 e. The van der Waals surface area contributed by atoms with Crippen molar-refractivity contribution in [1.82, 2.24) is 0 Å². The van der Waals surface area contributed by atoms with Gasteiger partial charge in [-0.25, -0.2) is 0 Å². The van der Waals surface area contributed by atoms with Gasteiger partial charge in [-0.15, -0.1) is 24.0 Å². The molecule has 0 aliphatic rings. The van der Waals surface area contributed by atoms with Gasteiger partial charge in [-0.1, -0.05) is 18.2 Å². The molecule has 1 heterocycles. The third-order valence-corrected chi connectivity index (χ3v) is 2.85. The minimum atomic E-state index is 0. The molecule has 0 radical (unpaired) electrons. The van der Waals surface area contributed by atoms with E-state index < -0.39 is 0 Å². The van der Waals surface area contributed by atoms with Gasteiger partial charge in [0.15, 0.2) is 0 Å². The number of benzene rings is 1. The second kappa shape index (κ2) is 5.23. The molecule has 0 amide bonds. The molecular formula is C10H9NaS2. The summed E-state index contributed by atoms with van der Waals surface area (Å²) in [4.78, 5) is 2.31. The van der Waals surface area contributed by atoms with E-state index in [0.717, 1.165) is 4.90 Å². The summed E-state index contributed by atoms with van der Waals surface area (Å²) in [6.45, 7) is 0. The molecule has 0 saturated carbocycles. The van der Waals surface area contributed by atoms with Crippen molar-refractivity contribution < 1.29 is 31.0 Å². The predicted molar refractivity (Wildman–Crippen MR) is 58.1 cm³/mol. The van der Waals surface area contributed by atoms with Crippen LogP contribution < -0.4 is 29.6 Å². The Morgan fingerprint density at radius 1 is 1.15 bits per heavy atom. The molecule has 0 bridgehead atoms. The van der Waals surface area contributed by atoms with E-state index in [9.17, 15) is 0 Å². The normalized spacial score (nSPS) is 9.31. The van der Waals surface area contributed by atoms with Crippen LogP contribution in [0.5, 0.6) is 0 Å². The Balaban J connectivity index is 0.000000845. The Morgan fingerprint density at radius 3 is 2.62 bits per heavy atom. The maximum absolute atomic E-state index is 4.29. The van der Waals surface area contributed by atoms with Crippen molar-refractivity contribution in [1.29, 1.82) is 0 Å². The van der Waals surface area contributed by atoms with E-state index in [-0.39, 0.29) is 31.0 Å². The Labute approximate surface area is 111 Å². The average Bonchev–Trinajstić information content (AvgIpc) is 2.56. The number of thiol groups is 1. The average molecular weight is 216 g/mol. The molecule has 2 rings (SSSR count). The zero-order valence-electron chi connectivity index (χ0n) is 8.40. The van der Waals surface area contributed by atoms with Crippen LogP contribution in [0.4, 0.5) is 0 Å². The van der Waals surface area contributed by atoms with Crippen molar-refractivity contribution in [3.63, 3.8) is 0 Å². The summed E-state index contributed by atoms with van der Waals surface area (Å²) >= 11 is 6.04. The smallest absolute Gasteiger partial charge is 1.00 e. The van der Waals surface area contributed by atoms with Crippen LogP contribution in [-0.2, 0) is 0 Å². The Hall–Kier alpha value is 0.270. The molecule has 0 saturated heterocycles. The molecule has 3 heteroatoms. The molecule has 2 aromatic rings. The van der Waals surface area contributed by atoms with E-state index in [1.807, 2.05) is 12.1 Å². The van der Waals surface area contributed by atoms with E-state index in [1.165, 1.54) is 10.4 Å². The van der Waals surface area contributed by atoms with E-state index in [1.54, 1.807) is 11.3 Å². The van der Waals surface area contributed by atoms with E-state index in [4.69, 9.17) is 0 Å². The summed E-state index contributed by atoms with van der Waals surface area (Å²) in [6, 6.07) is 12.4. The van der Waals surface area contributed by atoms with Crippen LogP contribution in [0.1, 0.15) is 1.43 Å². The zero-order valence-corrected chi connectivity index (χ0v) is 11.1. The maximum atomic E-state index is 4.29. The fourth-order valence-electron chi connectivity index (χ4n) is 1.10. The topological polar surface area (TPSA) is 0 Å². The van der Waals surface area contributed by atoms with E-state index in [2.05, 4.69) is 42.3 Å². The molecule has 1 aromatic heterocycles. The molecular weight excluding hydrogens is 207 g/mol. The summed E-state index contributed by atoms with van der Waals surface area (Å²) in [5.74, 6) is 0. The van der Waals surface area contributed by atoms with Crippen LogP contribution in [0.3, 0.4) is 0 Å². The summed E-state index contributed by atoms with van der Waals surface area (Å²) in [7, 11) is 0. The fourth-order valence-corrected chi connectivity index (χ4v) is 2.05. The van der Waals surface area contributed by atoms with E-state index in [0.29, 0.717) is 0 Å². The molecule has 0 aliphatic carbocycles. The van der Waals surface area contributed by atoms with Crippen LogP contribution in [0.25, 0.3) is 10.4 Å². The van der Waals surface area contributed by atoms with Gasteiger partial charge in [0.25, 0.3) is 0 Å². The molecule has 0 spiro atoms. The van der Waals surface area contributed by atoms with Crippen molar-refractivity contribution in [2.75, 3.05) is 0 Å². The van der Waals surface area contributed by atoms with Crippen molar-refractivity contribution >= 4 is 24.0 Å². The third-order valence-electron chi connectivity index (χ3n) is 1.65. The van der Waals surface area contributed by atoms with Gasteiger partial charge in [-0.05, 0) is 29.1 Å². The molecule has 0 fully saturated rings. The van der Waals surface area contributed by atoms with Crippen LogP contribution in [-0.4, -0.2) is 0 Å². The van der Waals surface area contributed by atoms with Gasteiger partial charge < -0.3 is 1.43 Å². The monoisotopic (exact) mass is 216 g/mol. The second-order valence-electron chi connectivity index (χ2n) is 2.53. The zero-order chi connectivity index (χ0) is 8.39. The molecule has 62 valence electrons. The largest absolute Gasteiger partial charge is 1.00 e. The Kier molecular flexibility index (Phi) is 4.56. The molecule has 0 atom stereocenters. The van der Waals surface area contributed by atoms with Gasteiger partial charge in [0, 0.05) is 9.77 Å². The predicted octanol–water partition coefficient (Wildman–Crippen LogP) is 0.820. The minimum absolute atomic E-state index is 0. The van der Waals surface area contributed by atoms with Crippen molar-refractivity contribution in [2.45, 2.75) is 4.90 Å². The van der Waals surface area contributed by atoms with Crippen molar-refractivity contribution in [3.8, 4) is 10.4 Å². The summed E-state index contributed by atoms with van der Waals surface area (Å²) in [5, 5.41) is 2.08. The van der Waals surface area contributed by atoms with Crippen LogP contribution in [0, 0.1) is 0 Å². The first-order valence-corrected chi connectivity index (χ1v) is 5.02. The SMILES string of the molecule is Sc1cccc(-c2cccs2)c1.[H-].[Na+]. The molecule has 0 unspecified atom stereocenters. The Morgan fingerprint density at radius 2 is 2.00 bits per heavy atom. The third kappa shape index (κ3) is 2.86.